The van der Waals surface area contributed by atoms with Crippen LogP contribution in [0.1, 0.15) is 25.3 Å². The smallest absolute Gasteiger partial charge is 0.0656 e. The van der Waals surface area contributed by atoms with E-state index in [0.29, 0.717) is 10.7 Å². The second kappa shape index (κ2) is 4.54. The van der Waals surface area contributed by atoms with Gasteiger partial charge in [-0.2, -0.15) is 0 Å². The largest absolute Gasteiger partial charge is 0.398 e. The first-order chi connectivity index (χ1) is 7.61. The van der Waals surface area contributed by atoms with Crippen LogP contribution in [0, 0.1) is 12.8 Å². The van der Waals surface area contributed by atoms with Crippen molar-refractivity contribution in [1.29, 1.82) is 0 Å². The third-order valence-electron chi connectivity index (χ3n) is 3.31. The predicted molar refractivity (Wildman–Crippen MR) is 71.2 cm³/mol. The standard InChI is InChI=1S/C13H19ClN2/c1-3-4-10-7-16(8-10)13-6-11(14)12(15)5-9(13)2/h5-6,10H,3-4,7-8,15H2,1-2H3. The molecule has 3 heteroatoms. The van der Waals surface area contributed by atoms with Crippen LogP contribution in [-0.2, 0) is 0 Å². The Bertz CT molecular complexity index is 384. The zero-order chi connectivity index (χ0) is 11.7. The number of hydrogen-bond acceptors (Lipinski definition) is 2. The summed E-state index contributed by atoms with van der Waals surface area (Å²) in [6, 6.07) is 3.96. The molecule has 0 saturated carbocycles. The van der Waals surface area contributed by atoms with Crippen molar-refractivity contribution < 1.29 is 0 Å². The van der Waals surface area contributed by atoms with E-state index in [4.69, 9.17) is 17.3 Å². The van der Waals surface area contributed by atoms with Gasteiger partial charge in [0.1, 0.15) is 0 Å². The fourth-order valence-corrected chi connectivity index (χ4v) is 2.55. The van der Waals surface area contributed by atoms with E-state index in [1.807, 2.05) is 12.1 Å². The number of nitrogens with zero attached hydrogens (tertiary/aromatic N) is 1. The molecule has 16 heavy (non-hydrogen) atoms. The Morgan fingerprint density at radius 1 is 1.44 bits per heavy atom. The quantitative estimate of drug-likeness (QED) is 0.818. The highest BCUT2D eigenvalue weighted by molar-refractivity contribution is 6.33. The Kier molecular flexibility index (Phi) is 3.29. The number of nitrogen functional groups attached to an aromatic ring is 1. The number of halogens is 1. The Labute approximate surface area is 102 Å². The molecule has 0 atom stereocenters. The predicted octanol–water partition coefficient (Wildman–Crippen LogP) is 3.47. The zero-order valence-corrected chi connectivity index (χ0v) is 10.7. The summed E-state index contributed by atoms with van der Waals surface area (Å²) in [4.78, 5) is 2.39. The lowest BCUT2D eigenvalue weighted by molar-refractivity contribution is 0.380. The van der Waals surface area contributed by atoms with Crippen molar-refractivity contribution in [2.75, 3.05) is 23.7 Å². The first-order valence-corrected chi connectivity index (χ1v) is 6.30. The molecule has 1 aromatic carbocycles. The van der Waals surface area contributed by atoms with Gasteiger partial charge >= 0.3 is 0 Å². The van der Waals surface area contributed by atoms with Crippen LogP contribution in [0.3, 0.4) is 0 Å². The molecule has 1 aliphatic heterocycles. The summed E-state index contributed by atoms with van der Waals surface area (Å²) in [5, 5.41) is 0.666. The van der Waals surface area contributed by atoms with Crippen LogP contribution in [0.4, 0.5) is 11.4 Å². The third kappa shape index (κ3) is 2.12. The van der Waals surface area contributed by atoms with Gasteiger partial charge in [0.05, 0.1) is 10.7 Å². The maximum Gasteiger partial charge on any atom is 0.0656 e. The van der Waals surface area contributed by atoms with Crippen molar-refractivity contribution in [3.63, 3.8) is 0 Å². The third-order valence-corrected chi connectivity index (χ3v) is 3.64. The Hall–Kier alpha value is -0.890. The van der Waals surface area contributed by atoms with E-state index in [0.717, 1.165) is 19.0 Å². The van der Waals surface area contributed by atoms with Gasteiger partial charge in [-0.05, 0) is 37.0 Å². The van der Waals surface area contributed by atoms with E-state index >= 15 is 0 Å². The average molecular weight is 239 g/mol. The first kappa shape index (κ1) is 11.6. The summed E-state index contributed by atoms with van der Waals surface area (Å²) in [5.41, 5.74) is 8.91. The Morgan fingerprint density at radius 3 is 2.75 bits per heavy atom. The van der Waals surface area contributed by atoms with E-state index in [1.54, 1.807) is 0 Å². The lowest BCUT2D eigenvalue weighted by Gasteiger charge is -2.42. The molecular formula is C13H19ClN2. The van der Waals surface area contributed by atoms with Crippen molar-refractivity contribution in [1.82, 2.24) is 0 Å². The van der Waals surface area contributed by atoms with E-state index in [9.17, 15) is 0 Å². The molecule has 0 aromatic heterocycles. The highest BCUT2D eigenvalue weighted by atomic mass is 35.5. The van der Waals surface area contributed by atoms with Crippen LogP contribution in [0.2, 0.25) is 5.02 Å². The second-order valence-corrected chi connectivity index (χ2v) is 5.13. The monoisotopic (exact) mass is 238 g/mol. The van der Waals surface area contributed by atoms with Gasteiger partial charge in [0.15, 0.2) is 0 Å². The minimum absolute atomic E-state index is 0.666. The molecule has 88 valence electrons. The fourth-order valence-electron chi connectivity index (χ4n) is 2.39. The summed E-state index contributed by atoms with van der Waals surface area (Å²) < 4.78 is 0. The molecule has 0 radical (unpaired) electrons. The Balaban J connectivity index is 2.09. The topological polar surface area (TPSA) is 29.3 Å². The molecule has 0 amide bonds. The van der Waals surface area contributed by atoms with Gasteiger partial charge in [-0.3, -0.25) is 0 Å². The Morgan fingerprint density at radius 2 is 2.12 bits per heavy atom. The minimum atomic E-state index is 0.666. The molecule has 2 rings (SSSR count). The summed E-state index contributed by atoms with van der Waals surface area (Å²) in [5.74, 6) is 0.862. The first-order valence-electron chi connectivity index (χ1n) is 5.92. The molecule has 2 N–H and O–H groups in total. The molecule has 2 nitrogen and oxygen atoms in total. The fraction of sp³-hybridized carbons (Fsp3) is 0.538. The molecule has 1 aromatic rings. The molecule has 1 fully saturated rings. The normalized spacial score (nSPS) is 16.3. The number of aryl methyl sites for hydroxylation is 1. The molecule has 0 aliphatic carbocycles. The molecular weight excluding hydrogens is 220 g/mol. The molecule has 1 aliphatic rings. The average Bonchev–Trinajstić information content (AvgIpc) is 2.17. The van der Waals surface area contributed by atoms with Crippen molar-refractivity contribution in [3.05, 3.63) is 22.7 Å². The van der Waals surface area contributed by atoms with Gasteiger partial charge in [-0.15, -0.1) is 0 Å². The molecule has 1 heterocycles. The highest BCUT2D eigenvalue weighted by Crippen LogP contribution is 2.34. The van der Waals surface area contributed by atoms with Crippen LogP contribution in [0.15, 0.2) is 12.1 Å². The van der Waals surface area contributed by atoms with Crippen LogP contribution >= 0.6 is 11.6 Å². The van der Waals surface area contributed by atoms with Gasteiger partial charge in [0, 0.05) is 18.8 Å². The van der Waals surface area contributed by atoms with Crippen LogP contribution < -0.4 is 10.6 Å². The van der Waals surface area contributed by atoms with Crippen LogP contribution in [-0.4, -0.2) is 13.1 Å². The van der Waals surface area contributed by atoms with Gasteiger partial charge in [0.25, 0.3) is 0 Å². The van der Waals surface area contributed by atoms with Crippen LogP contribution in [0.5, 0.6) is 0 Å². The van der Waals surface area contributed by atoms with Crippen molar-refractivity contribution >= 4 is 23.0 Å². The summed E-state index contributed by atoms with van der Waals surface area (Å²) in [6.45, 7) is 6.66. The lowest BCUT2D eigenvalue weighted by Crippen LogP contribution is -2.46. The number of rotatable bonds is 3. The van der Waals surface area contributed by atoms with Gasteiger partial charge in [-0.25, -0.2) is 0 Å². The second-order valence-electron chi connectivity index (χ2n) is 4.72. The number of benzene rings is 1. The maximum atomic E-state index is 6.06. The van der Waals surface area contributed by atoms with Crippen molar-refractivity contribution in [2.24, 2.45) is 5.92 Å². The van der Waals surface area contributed by atoms with Gasteiger partial charge in [0.2, 0.25) is 0 Å². The number of hydrogen-bond donors (Lipinski definition) is 1. The van der Waals surface area contributed by atoms with Crippen molar-refractivity contribution in [2.45, 2.75) is 26.7 Å². The number of nitrogens with two attached hydrogens (primary N) is 1. The SMILES string of the molecule is CCCC1CN(c2cc(Cl)c(N)cc2C)C1. The molecule has 0 spiro atoms. The number of anilines is 2. The summed E-state index contributed by atoms with van der Waals surface area (Å²) in [7, 11) is 0. The summed E-state index contributed by atoms with van der Waals surface area (Å²) >= 11 is 6.06. The zero-order valence-electron chi connectivity index (χ0n) is 9.96. The van der Waals surface area contributed by atoms with Crippen molar-refractivity contribution in [3.8, 4) is 0 Å². The highest BCUT2D eigenvalue weighted by Gasteiger charge is 2.27. The van der Waals surface area contributed by atoms with Gasteiger partial charge in [-0.1, -0.05) is 24.9 Å². The molecule has 0 unspecified atom stereocenters. The van der Waals surface area contributed by atoms with E-state index < -0.39 is 0 Å². The van der Waals surface area contributed by atoms with E-state index in [-0.39, 0.29) is 0 Å². The minimum Gasteiger partial charge on any atom is -0.398 e. The molecule has 1 saturated heterocycles. The van der Waals surface area contributed by atoms with Gasteiger partial charge < -0.3 is 10.6 Å². The van der Waals surface area contributed by atoms with E-state index in [2.05, 4.69) is 18.7 Å². The summed E-state index contributed by atoms with van der Waals surface area (Å²) in [6.07, 6.45) is 2.61. The lowest BCUT2D eigenvalue weighted by atomic mass is 9.93. The molecule has 0 bridgehead atoms. The maximum absolute atomic E-state index is 6.06. The van der Waals surface area contributed by atoms with E-state index in [1.165, 1.54) is 24.1 Å². The van der Waals surface area contributed by atoms with Crippen LogP contribution in [0.25, 0.3) is 0 Å².